The Morgan fingerprint density at radius 1 is 1.29 bits per heavy atom. The van der Waals surface area contributed by atoms with Crippen LogP contribution >= 0.6 is 24.0 Å². The summed E-state index contributed by atoms with van der Waals surface area (Å²) in [6, 6.07) is 8.23. The summed E-state index contributed by atoms with van der Waals surface area (Å²) in [6.45, 7) is 2.19. The summed E-state index contributed by atoms with van der Waals surface area (Å²) in [5.41, 5.74) is 7.13. The maximum absolute atomic E-state index is 5.98. The predicted molar refractivity (Wildman–Crippen MR) is 93.3 cm³/mol. The third-order valence-corrected chi connectivity index (χ3v) is 3.77. The first-order valence-corrected chi connectivity index (χ1v) is 7.23. The average molecular weight is 403 g/mol. The van der Waals surface area contributed by atoms with Crippen molar-refractivity contribution in [3.05, 3.63) is 29.8 Å². The molecule has 2 aliphatic rings. The molecule has 2 atom stereocenters. The van der Waals surface area contributed by atoms with Gasteiger partial charge in [0.1, 0.15) is 5.75 Å². The number of rotatable bonds is 3. The Labute approximate surface area is 142 Å². The number of halogens is 1. The highest BCUT2D eigenvalue weighted by molar-refractivity contribution is 14.0. The van der Waals surface area contributed by atoms with Crippen LogP contribution in [-0.4, -0.2) is 31.8 Å². The smallest absolute Gasteiger partial charge is 0.189 e. The van der Waals surface area contributed by atoms with Crippen LogP contribution in [-0.2, 0) is 4.74 Å². The summed E-state index contributed by atoms with van der Waals surface area (Å²) in [7, 11) is 0. The van der Waals surface area contributed by atoms with E-state index in [2.05, 4.69) is 16.4 Å². The number of fused-ring (bicyclic) bond motifs is 1. The number of ether oxygens (including phenoxy) is 2. The zero-order valence-corrected chi connectivity index (χ0v) is 14.3. The molecule has 1 saturated heterocycles. The third-order valence-electron chi connectivity index (χ3n) is 3.77. The highest BCUT2D eigenvalue weighted by Gasteiger charge is 2.21. The normalized spacial score (nSPS) is 24.7. The molecule has 6 heteroatoms. The number of aliphatic imine (C=N–C) groups is 1. The van der Waals surface area contributed by atoms with Crippen LogP contribution in [0.15, 0.2) is 29.3 Å². The predicted octanol–water partition coefficient (Wildman–Crippen LogP) is 2.21. The van der Waals surface area contributed by atoms with Gasteiger partial charge in [-0.25, -0.2) is 0 Å². The largest absolute Gasteiger partial charge is 0.493 e. The van der Waals surface area contributed by atoms with Gasteiger partial charge in [-0.2, -0.15) is 0 Å². The zero-order valence-electron chi connectivity index (χ0n) is 12.0. The number of nitrogens with zero attached hydrogens (tertiary/aromatic N) is 1. The molecule has 1 aromatic carbocycles. The van der Waals surface area contributed by atoms with Crippen LogP contribution in [0.25, 0.3) is 0 Å². The van der Waals surface area contributed by atoms with E-state index in [1.807, 2.05) is 18.2 Å². The molecule has 21 heavy (non-hydrogen) atoms. The van der Waals surface area contributed by atoms with Crippen molar-refractivity contribution in [1.82, 2.24) is 5.32 Å². The fraction of sp³-hybridized carbons (Fsp3) is 0.533. The fourth-order valence-electron chi connectivity index (χ4n) is 2.70. The Balaban J connectivity index is 0.00000161. The monoisotopic (exact) mass is 403 g/mol. The standard InChI is InChI=1S/C15H21N3O2.HI/c16-15(17-10-11-4-3-8-19-11)18-13-7-9-20-14-6-2-1-5-12(13)14;/h1-2,5-6,11,13H,3-4,7-10H2,(H3,16,17,18);1H. The Hall–Kier alpha value is -1.02. The second kappa shape index (κ2) is 7.84. The minimum Gasteiger partial charge on any atom is -0.493 e. The van der Waals surface area contributed by atoms with E-state index >= 15 is 0 Å². The summed E-state index contributed by atoms with van der Waals surface area (Å²) >= 11 is 0. The van der Waals surface area contributed by atoms with Crippen molar-refractivity contribution in [1.29, 1.82) is 0 Å². The Kier molecular flexibility index (Phi) is 6.10. The highest BCUT2D eigenvalue weighted by Crippen LogP contribution is 2.31. The van der Waals surface area contributed by atoms with Gasteiger partial charge in [-0.15, -0.1) is 24.0 Å². The molecule has 0 spiro atoms. The lowest BCUT2D eigenvalue weighted by Crippen LogP contribution is -2.37. The number of para-hydroxylation sites is 1. The van der Waals surface area contributed by atoms with Crippen LogP contribution in [0.5, 0.6) is 5.75 Å². The zero-order chi connectivity index (χ0) is 13.8. The number of guanidine groups is 1. The summed E-state index contributed by atoms with van der Waals surface area (Å²) < 4.78 is 11.2. The van der Waals surface area contributed by atoms with Crippen molar-refractivity contribution >= 4 is 29.9 Å². The van der Waals surface area contributed by atoms with Crippen molar-refractivity contribution < 1.29 is 9.47 Å². The van der Waals surface area contributed by atoms with Gasteiger partial charge in [0.05, 0.1) is 25.3 Å². The maximum atomic E-state index is 5.98. The second-order valence-electron chi connectivity index (χ2n) is 5.23. The van der Waals surface area contributed by atoms with E-state index in [9.17, 15) is 0 Å². The van der Waals surface area contributed by atoms with Crippen LogP contribution in [0, 0.1) is 0 Å². The molecule has 2 aliphatic heterocycles. The Morgan fingerprint density at radius 2 is 2.14 bits per heavy atom. The van der Waals surface area contributed by atoms with E-state index in [1.54, 1.807) is 0 Å². The molecule has 0 bridgehead atoms. The highest BCUT2D eigenvalue weighted by atomic mass is 127. The van der Waals surface area contributed by atoms with Crippen molar-refractivity contribution in [3.63, 3.8) is 0 Å². The van der Waals surface area contributed by atoms with E-state index in [0.29, 0.717) is 19.1 Å². The lowest BCUT2D eigenvalue weighted by atomic mass is 10.0. The van der Waals surface area contributed by atoms with Gasteiger partial charge in [-0.3, -0.25) is 4.99 Å². The van der Waals surface area contributed by atoms with E-state index in [-0.39, 0.29) is 36.1 Å². The molecule has 0 amide bonds. The van der Waals surface area contributed by atoms with Crippen molar-refractivity contribution in [2.24, 2.45) is 10.7 Å². The number of hydrogen-bond donors (Lipinski definition) is 2. The molecule has 3 N–H and O–H groups in total. The molecule has 0 saturated carbocycles. The minimum atomic E-state index is 0. The number of hydrogen-bond acceptors (Lipinski definition) is 3. The molecular weight excluding hydrogens is 381 g/mol. The van der Waals surface area contributed by atoms with Gasteiger partial charge in [0, 0.05) is 18.6 Å². The first-order chi connectivity index (χ1) is 9.83. The van der Waals surface area contributed by atoms with Crippen LogP contribution in [0.2, 0.25) is 0 Å². The molecule has 0 aliphatic carbocycles. The van der Waals surface area contributed by atoms with Gasteiger partial charge < -0.3 is 20.5 Å². The number of benzene rings is 1. The quantitative estimate of drug-likeness (QED) is 0.462. The van der Waals surface area contributed by atoms with E-state index in [1.165, 1.54) is 0 Å². The summed E-state index contributed by atoms with van der Waals surface area (Å²) in [5.74, 6) is 1.42. The molecule has 0 aromatic heterocycles. The number of nitrogens with two attached hydrogens (primary N) is 1. The lowest BCUT2D eigenvalue weighted by Gasteiger charge is -2.27. The van der Waals surface area contributed by atoms with Gasteiger partial charge in [0.15, 0.2) is 5.96 Å². The summed E-state index contributed by atoms with van der Waals surface area (Å²) in [4.78, 5) is 4.39. The topological polar surface area (TPSA) is 68.9 Å². The van der Waals surface area contributed by atoms with Crippen LogP contribution < -0.4 is 15.8 Å². The van der Waals surface area contributed by atoms with Crippen molar-refractivity contribution in [2.75, 3.05) is 19.8 Å². The van der Waals surface area contributed by atoms with Crippen LogP contribution in [0.1, 0.15) is 30.9 Å². The Bertz CT molecular complexity index is 490. The van der Waals surface area contributed by atoms with Crippen LogP contribution in [0.4, 0.5) is 0 Å². The molecule has 2 unspecified atom stereocenters. The first-order valence-electron chi connectivity index (χ1n) is 7.23. The molecular formula is C15H22IN3O2. The molecule has 0 radical (unpaired) electrons. The van der Waals surface area contributed by atoms with Gasteiger partial charge >= 0.3 is 0 Å². The van der Waals surface area contributed by atoms with Gasteiger partial charge in [0.2, 0.25) is 0 Å². The fourth-order valence-corrected chi connectivity index (χ4v) is 2.70. The summed E-state index contributed by atoms with van der Waals surface area (Å²) in [6.07, 6.45) is 3.34. The molecule has 1 aromatic rings. The summed E-state index contributed by atoms with van der Waals surface area (Å²) in [5, 5.41) is 3.29. The Morgan fingerprint density at radius 3 is 2.95 bits per heavy atom. The number of nitrogens with one attached hydrogen (secondary N) is 1. The van der Waals surface area contributed by atoms with E-state index in [0.717, 1.165) is 37.2 Å². The van der Waals surface area contributed by atoms with Crippen LogP contribution in [0.3, 0.4) is 0 Å². The molecule has 116 valence electrons. The molecule has 3 rings (SSSR count). The van der Waals surface area contributed by atoms with Crippen molar-refractivity contribution in [3.8, 4) is 5.75 Å². The van der Waals surface area contributed by atoms with E-state index in [4.69, 9.17) is 15.2 Å². The lowest BCUT2D eigenvalue weighted by molar-refractivity contribution is 0.117. The maximum Gasteiger partial charge on any atom is 0.189 e. The van der Waals surface area contributed by atoms with Gasteiger partial charge in [-0.1, -0.05) is 18.2 Å². The molecule has 1 fully saturated rings. The SMILES string of the molecule is I.NC(=NCC1CCCO1)NC1CCOc2ccccc21. The third kappa shape index (κ3) is 4.23. The molecule has 2 heterocycles. The first kappa shape index (κ1) is 16.4. The minimum absolute atomic E-state index is 0. The second-order valence-corrected chi connectivity index (χ2v) is 5.23. The average Bonchev–Trinajstić information content (AvgIpc) is 2.99. The van der Waals surface area contributed by atoms with E-state index < -0.39 is 0 Å². The van der Waals surface area contributed by atoms with Gasteiger partial charge in [-0.05, 0) is 18.9 Å². The molecule has 5 nitrogen and oxygen atoms in total. The van der Waals surface area contributed by atoms with Crippen molar-refractivity contribution in [2.45, 2.75) is 31.4 Å². The van der Waals surface area contributed by atoms with Gasteiger partial charge in [0.25, 0.3) is 0 Å².